The topological polar surface area (TPSA) is 69.5 Å². The van der Waals surface area contributed by atoms with Gasteiger partial charge in [-0.15, -0.1) is 10.2 Å². The molecule has 3 rings (SSSR count). The van der Waals surface area contributed by atoms with Crippen molar-refractivity contribution in [2.24, 2.45) is 0 Å². The Morgan fingerprint density at radius 2 is 2.25 bits per heavy atom. The molecule has 1 fully saturated rings. The predicted octanol–water partition coefficient (Wildman–Crippen LogP) is 3.17. The molecule has 28 heavy (non-hydrogen) atoms. The minimum absolute atomic E-state index is 0.0599. The molecule has 0 radical (unpaired) electrons. The zero-order valence-electron chi connectivity index (χ0n) is 16.7. The van der Waals surface area contributed by atoms with Crippen LogP contribution in [0.15, 0.2) is 35.7 Å². The van der Waals surface area contributed by atoms with Crippen molar-refractivity contribution >= 4 is 17.7 Å². The number of thioether (sulfide) groups is 1. The van der Waals surface area contributed by atoms with Crippen LogP contribution >= 0.6 is 11.8 Å². The number of ether oxygens (including phenoxy) is 2. The highest BCUT2D eigenvalue weighted by atomic mass is 32.2. The van der Waals surface area contributed by atoms with E-state index in [1.807, 2.05) is 33.7 Å². The van der Waals surface area contributed by atoms with Gasteiger partial charge in [-0.1, -0.05) is 30.0 Å². The Morgan fingerprint density at radius 1 is 1.43 bits per heavy atom. The molecule has 1 aromatic heterocycles. The van der Waals surface area contributed by atoms with Crippen molar-refractivity contribution in [2.75, 3.05) is 26.0 Å². The lowest BCUT2D eigenvalue weighted by molar-refractivity contribution is -0.130. The van der Waals surface area contributed by atoms with Crippen LogP contribution in [0.25, 0.3) is 0 Å². The lowest BCUT2D eigenvalue weighted by Gasteiger charge is -2.26. The molecule has 0 aliphatic carbocycles. The average molecular weight is 405 g/mol. The van der Waals surface area contributed by atoms with Gasteiger partial charge in [0.15, 0.2) is 5.16 Å². The molecule has 2 heterocycles. The van der Waals surface area contributed by atoms with Gasteiger partial charge in [-0.25, -0.2) is 0 Å². The van der Waals surface area contributed by atoms with E-state index in [2.05, 4.69) is 24.0 Å². The Kier molecular flexibility index (Phi) is 7.33. The third-order valence-electron chi connectivity index (χ3n) is 4.78. The highest BCUT2D eigenvalue weighted by molar-refractivity contribution is 7.99. The molecular weight excluding hydrogens is 376 g/mol. The van der Waals surface area contributed by atoms with Gasteiger partial charge in [0.05, 0.1) is 19.0 Å². The molecule has 1 unspecified atom stereocenters. The summed E-state index contributed by atoms with van der Waals surface area (Å²) in [6, 6.07) is 8.07. The van der Waals surface area contributed by atoms with E-state index in [-0.39, 0.29) is 18.1 Å². The number of nitrogens with zero attached hydrogens (tertiary/aromatic N) is 4. The number of hydrogen-bond acceptors (Lipinski definition) is 6. The number of hydrogen-bond donors (Lipinski definition) is 0. The summed E-state index contributed by atoms with van der Waals surface area (Å²) >= 11 is 1.42. The quantitative estimate of drug-likeness (QED) is 0.598. The molecule has 152 valence electrons. The molecule has 1 aliphatic heterocycles. The molecule has 1 aliphatic rings. The maximum absolute atomic E-state index is 13.1. The second kappa shape index (κ2) is 9.93. The lowest BCUT2D eigenvalue weighted by Crippen LogP contribution is -2.38. The van der Waals surface area contributed by atoms with Gasteiger partial charge in [-0.3, -0.25) is 4.79 Å². The number of carbonyl (C=O) groups is 1. The van der Waals surface area contributed by atoms with Gasteiger partial charge in [0.2, 0.25) is 5.91 Å². The van der Waals surface area contributed by atoms with Crippen molar-refractivity contribution in [3.8, 4) is 5.75 Å². The Hall–Kier alpha value is -2.06. The van der Waals surface area contributed by atoms with Crippen LogP contribution in [0.4, 0.5) is 0 Å². The molecule has 1 aromatic carbocycles. The second-order valence-electron chi connectivity index (χ2n) is 7.12. The minimum atomic E-state index is 0.0599. The predicted molar refractivity (Wildman–Crippen MR) is 109 cm³/mol. The SMILES string of the molecule is COc1ccccc1CN(CC1CCCO1)C(=O)CSc1nncn1C(C)C. The standard InChI is InChI=1S/C20H28N4O3S/c1-15(2)24-14-21-22-20(24)28-13-19(25)23(12-17-8-6-10-27-17)11-16-7-4-5-9-18(16)26-3/h4-5,7,9,14-15,17H,6,8,10-13H2,1-3H3. The van der Waals surface area contributed by atoms with Crippen LogP contribution in [0.5, 0.6) is 5.75 Å². The smallest absolute Gasteiger partial charge is 0.233 e. The number of carbonyl (C=O) groups excluding carboxylic acids is 1. The van der Waals surface area contributed by atoms with Crippen molar-refractivity contribution in [3.05, 3.63) is 36.2 Å². The number of amides is 1. The van der Waals surface area contributed by atoms with Crippen molar-refractivity contribution in [2.45, 2.75) is 50.5 Å². The molecule has 0 spiro atoms. The Morgan fingerprint density at radius 3 is 2.96 bits per heavy atom. The van der Waals surface area contributed by atoms with Crippen molar-refractivity contribution in [1.29, 1.82) is 0 Å². The summed E-state index contributed by atoms with van der Waals surface area (Å²) in [5, 5.41) is 8.88. The highest BCUT2D eigenvalue weighted by Gasteiger charge is 2.24. The lowest BCUT2D eigenvalue weighted by atomic mass is 10.1. The van der Waals surface area contributed by atoms with Gasteiger partial charge in [0, 0.05) is 31.3 Å². The highest BCUT2D eigenvalue weighted by Crippen LogP contribution is 2.23. The van der Waals surface area contributed by atoms with Crippen LogP contribution in [-0.4, -0.2) is 57.7 Å². The number of benzene rings is 1. The number of para-hydroxylation sites is 1. The first-order valence-electron chi connectivity index (χ1n) is 9.62. The van der Waals surface area contributed by atoms with E-state index < -0.39 is 0 Å². The summed E-state index contributed by atoms with van der Waals surface area (Å²) in [5.74, 6) is 1.16. The molecule has 1 saturated heterocycles. The largest absolute Gasteiger partial charge is 0.496 e. The Balaban J connectivity index is 1.69. The summed E-state index contributed by atoms with van der Waals surface area (Å²) in [5.41, 5.74) is 0.992. The molecule has 0 saturated carbocycles. The zero-order chi connectivity index (χ0) is 19.9. The zero-order valence-corrected chi connectivity index (χ0v) is 17.5. The van der Waals surface area contributed by atoms with E-state index in [1.165, 1.54) is 11.8 Å². The first-order chi connectivity index (χ1) is 13.6. The third-order valence-corrected chi connectivity index (χ3v) is 5.72. The fourth-order valence-corrected chi connectivity index (χ4v) is 4.18. The van der Waals surface area contributed by atoms with Crippen molar-refractivity contribution < 1.29 is 14.3 Å². The Labute approximate surface area is 170 Å². The van der Waals surface area contributed by atoms with E-state index in [0.717, 1.165) is 35.9 Å². The average Bonchev–Trinajstić information content (AvgIpc) is 3.37. The number of methoxy groups -OCH3 is 1. The molecule has 8 heteroatoms. The van der Waals surface area contributed by atoms with E-state index in [4.69, 9.17) is 9.47 Å². The van der Waals surface area contributed by atoms with Crippen LogP contribution in [0, 0.1) is 0 Å². The van der Waals surface area contributed by atoms with Crippen molar-refractivity contribution in [3.63, 3.8) is 0 Å². The monoisotopic (exact) mass is 404 g/mol. The van der Waals surface area contributed by atoms with E-state index >= 15 is 0 Å². The van der Waals surface area contributed by atoms with Crippen LogP contribution in [0.1, 0.15) is 38.3 Å². The Bertz CT molecular complexity index is 774. The van der Waals surface area contributed by atoms with Gasteiger partial charge >= 0.3 is 0 Å². The van der Waals surface area contributed by atoms with Gasteiger partial charge in [0.25, 0.3) is 0 Å². The van der Waals surface area contributed by atoms with Crippen LogP contribution in [0.3, 0.4) is 0 Å². The van der Waals surface area contributed by atoms with Crippen LogP contribution in [-0.2, 0) is 16.1 Å². The molecule has 0 bridgehead atoms. The minimum Gasteiger partial charge on any atom is -0.496 e. The second-order valence-corrected chi connectivity index (χ2v) is 8.07. The number of rotatable bonds is 9. The van der Waals surface area contributed by atoms with E-state index in [9.17, 15) is 4.79 Å². The molecule has 2 aromatic rings. The molecule has 0 N–H and O–H groups in total. The summed E-state index contributed by atoms with van der Waals surface area (Å²) < 4.78 is 13.2. The first kappa shape index (κ1) is 20.7. The molecule has 7 nitrogen and oxygen atoms in total. The maximum atomic E-state index is 13.1. The third kappa shape index (κ3) is 5.26. The van der Waals surface area contributed by atoms with E-state index in [1.54, 1.807) is 13.4 Å². The van der Waals surface area contributed by atoms with Crippen LogP contribution in [0.2, 0.25) is 0 Å². The molecule has 1 amide bonds. The van der Waals surface area contributed by atoms with Crippen molar-refractivity contribution in [1.82, 2.24) is 19.7 Å². The van der Waals surface area contributed by atoms with Gasteiger partial charge in [-0.2, -0.15) is 0 Å². The fraction of sp³-hybridized carbons (Fsp3) is 0.550. The molecular formula is C20H28N4O3S. The first-order valence-corrected chi connectivity index (χ1v) is 10.6. The van der Waals surface area contributed by atoms with Gasteiger partial charge < -0.3 is 18.9 Å². The summed E-state index contributed by atoms with van der Waals surface area (Å²) in [4.78, 5) is 14.9. The maximum Gasteiger partial charge on any atom is 0.233 e. The normalized spacial score (nSPS) is 16.5. The van der Waals surface area contributed by atoms with Gasteiger partial charge in [-0.05, 0) is 32.8 Å². The number of aromatic nitrogens is 3. The van der Waals surface area contributed by atoms with Gasteiger partial charge in [0.1, 0.15) is 12.1 Å². The van der Waals surface area contributed by atoms with E-state index in [0.29, 0.717) is 18.8 Å². The summed E-state index contributed by atoms with van der Waals surface area (Å²) in [7, 11) is 1.65. The summed E-state index contributed by atoms with van der Waals surface area (Å²) in [6.07, 6.45) is 3.84. The summed E-state index contributed by atoms with van der Waals surface area (Å²) in [6.45, 7) is 6.00. The molecule has 1 atom stereocenters. The fourth-order valence-electron chi connectivity index (χ4n) is 3.23. The van der Waals surface area contributed by atoms with Crippen LogP contribution < -0.4 is 4.74 Å².